The number of nitrogens with zero attached hydrogens (tertiary/aromatic N) is 5. The van der Waals surface area contributed by atoms with Gasteiger partial charge in [0.15, 0.2) is 17.2 Å². The molecule has 1 amide bonds. The van der Waals surface area contributed by atoms with Crippen molar-refractivity contribution in [3.63, 3.8) is 0 Å². The molecule has 1 aliphatic rings. The first-order valence-electron chi connectivity index (χ1n) is 11.4. The highest BCUT2D eigenvalue weighted by Crippen LogP contribution is 2.38. The molecule has 0 atom stereocenters. The molecule has 2 heterocycles. The molecule has 36 heavy (non-hydrogen) atoms. The van der Waals surface area contributed by atoms with Crippen LogP contribution < -0.4 is 4.74 Å². The molecule has 3 aromatic rings. The zero-order chi connectivity index (χ0) is 26.3. The molecule has 1 aromatic heterocycles. The molecule has 0 N–H and O–H groups in total. The van der Waals surface area contributed by atoms with Gasteiger partial charge < -0.3 is 19.1 Å². The van der Waals surface area contributed by atoms with E-state index in [1.165, 1.54) is 22.8 Å². The lowest BCUT2D eigenvalue weighted by Crippen LogP contribution is -2.47. The topological polar surface area (TPSA) is 63.5 Å². The largest absolute Gasteiger partial charge is 0.479 e. The van der Waals surface area contributed by atoms with Gasteiger partial charge in [0.25, 0.3) is 5.91 Å². The summed E-state index contributed by atoms with van der Waals surface area (Å²) in [5, 5.41) is 8.61. The molecule has 7 nitrogen and oxygen atoms in total. The molecule has 2 aromatic carbocycles. The van der Waals surface area contributed by atoms with E-state index >= 15 is 0 Å². The molecule has 0 bridgehead atoms. The molecular formula is C25H27ClF3N5O2. The number of amides is 1. The third kappa shape index (κ3) is 5.19. The van der Waals surface area contributed by atoms with Gasteiger partial charge in [0, 0.05) is 43.8 Å². The average molecular weight is 522 g/mol. The van der Waals surface area contributed by atoms with E-state index in [9.17, 15) is 18.0 Å². The van der Waals surface area contributed by atoms with Crippen LogP contribution in [0.5, 0.6) is 5.75 Å². The fourth-order valence-corrected chi connectivity index (χ4v) is 4.44. The van der Waals surface area contributed by atoms with E-state index in [-0.39, 0.29) is 17.3 Å². The summed E-state index contributed by atoms with van der Waals surface area (Å²) in [5.41, 5.74) is -1.72. The third-order valence-electron chi connectivity index (χ3n) is 6.21. The standard InChI is InChI=1S/C25H27ClF3N5O2/c1-24(2,23-31-30-21(33(23)4)17-7-5-6-8-19(17)25(27,28)29)36-20-10-9-16(26)15-18(20)22(35)34-13-11-32(3)12-14-34/h5-10,15H,11-14H2,1-4H3. The highest BCUT2D eigenvalue weighted by molar-refractivity contribution is 6.31. The number of carbonyl (C=O) groups is 1. The maximum absolute atomic E-state index is 13.6. The highest BCUT2D eigenvalue weighted by Gasteiger charge is 2.37. The number of halogens is 4. The van der Waals surface area contributed by atoms with Crippen molar-refractivity contribution >= 4 is 17.5 Å². The van der Waals surface area contributed by atoms with Gasteiger partial charge in [-0.25, -0.2) is 0 Å². The Labute approximate surface area is 212 Å². The highest BCUT2D eigenvalue weighted by atomic mass is 35.5. The number of hydrogen-bond acceptors (Lipinski definition) is 5. The van der Waals surface area contributed by atoms with Crippen LogP contribution in [-0.2, 0) is 18.8 Å². The fraction of sp³-hybridized carbons (Fsp3) is 0.400. The van der Waals surface area contributed by atoms with Crippen molar-refractivity contribution in [3.05, 3.63) is 64.4 Å². The Morgan fingerprint density at radius 1 is 1.00 bits per heavy atom. The van der Waals surface area contributed by atoms with Crippen LogP contribution in [0.25, 0.3) is 11.4 Å². The quantitative estimate of drug-likeness (QED) is 0.480. The fourth-order valence-electron chi connectivity index (χ4n) is 4.27. The van der Waals surface area contributed by atoms with Crippen molar-refractivity contribution < 1.29 is 22.7 Å². The van der Waals surface area contributed by atoms with Gasteiger partial charge in [0.2, 0.25) is 0 Å². The number of likely N-dealkylation sites (N-methyl/N-ethyl adjacent to an activating group) is 1. The number of rotatable bonds is 5. The second-order valence-electron chi connectivity index (χ2n) is 9.30. The van der Waals surface area contributed by atoms with E-state index in [1.54, 1.807) is 44.0 Å². The van der Waals surface area contributed by atoms with Gasteiger partial charge in [0.1, 0.15) is 5.75 Å². The maximum atomic E-state index is 13.6. The number of ether oxygens (including phenoxy) is 1. The minimum atomic E-state index is -4.55. The van der Waals surface area contributed by atoms with Crippen LogP contribution in [-0.4, -0.2) is 63.7 Å². The number of benzene rings is 2. The second-order valence-corrected chi connectivity index (χ2v) is 9.73. The van der Waals surface area contributed by atoms with Crippen molar-refractivity contribution in [2.75, 3.05) is 33.2 Å². The van der Waals surface area contributed by atoms with E-state index in [2.05, 4.69) is 15.1 Å². The first kappa shape index (κ1) is 26.0. The molecule has 0 unspecified atom stereocenters. The van der Waals surface area contributed by atoms with Crippen LogP contribution in [0.1, 0.15) is 35.6 Å². The van der Waals surface area contributed by atoms with E-state index < -0.39 is 17.3 Å². The summed E-state index contributed by atoms with van der Waals surface area (Å²) in [4.78, 5) is 17.2. The molecule has 0 radical (unpaired) electrons. The van der Waals surface area contributed by atoms with Crippen molar-refractivity contribution in [2.24, 2.45) is 7.05 Å². The van der Waals surface area contributed by atoms with Crippen molar-refractivity contribution in [3.8, 4) is 17.1 Å². The zero-order valence-corrected chi connectivity index (χ0v) is 21.2. The minimum Gasteiger partial charge on any atom is -0.479 e. The van der Waals surface area contributed by atoms with Gasteiger partial charge >= 0.3 is 6.18 Å². The maximum Gasteiger partial charge on any atom is 0.417 e. The predicted molar refractivity (Wildman–Crippen MR) is 130 cm³/mol. The van der Waals surface area contributed by atoms with Crippen LogP contribution >= 0.6 is 11.6 Å². The van der Waals surface area contributed by atoms with E-state index in [1.807, 2.05) is 7.05 Å². The molecule has 11 heteroatoms. The van der Waals surface area contributed by atoms with Gasteiger partial charge in [-0.3, -0.25) is 4.79 Å². The molecule has 1 saturated heterocycles. The van der Waals surface area contributed by atoms with Crippen molar-refractivity contribution in [1.82, 2.24) is 24.6 Å². The van der Waals surface area contributed by atoms with Crippen LogP contribution in [0.4, 0.5) is 13.2 Å². The first-order valence-corrected chi connectivity index (χ1v) is 11.8. The van der Waals surface area contributed by atoms with Crippen molar-refractivity contribution in [1.29, 1.82) is 0 Å². The third-order valence-corrected chi connectivity index (χ3v) is 6.45. The van der Waals surface area contributed by atoms with Gasteiger partial charge in [-0.15, -0.1) is 10.2 Å². The van der Waals surface area contributed by atoms with E-state index in [0.29, 0.717) is 35.2 Å². The Kier molecular flexibility index (Phi) is 7.03. The predicted octanol–water partition coefficient (Wildman–Crippen LogP) is 4.86. The molecule has 4 rings (SSSR count). The molecule has 1 aliphatic heterocycles. The summed E-state index contributed by atoms with van der Waals surface area (Å²) in [6.45, 7) is 6.11. The summed E-state index contributed by atoms with van der Waals surface area (Å²) in [7, 11) is 3.58. The lowest BCUT2D eigenvalue weighted by molar-refractivity contribution is -0.137. The summed E-state index contributed by atoms with van der Waals surface area (Å²) in [5.74, 6) is 0.449. The van der Waals surface area contributed by atoms with Gasteiger partial charge in [-0.1, -0.05) is 29.8 Å². The molecule has 1 fully saturated rings. The summed E-state index contributed by atoms with van der Waals surface area (Å²) in [6, 6.07) is 10.0. The van der Waals surface area contributed by atoms with Gasteiger partial charge in [-0.2, -0.15) is 13.2 Å². The smallest absolute Gasteiger partial charge is 0.417 e. The zero-order valence-electron chi connectivity index (χ0n) is 20.4. The van der Waals surface area contributed by atoms with Crippen LogP contribution in [0.2, 0.25) is 5.02 Å². The molecule has 0 saturated carbocycles. The Bertz CT molecular complexity index is 1270. The monoisotopic (exact) mass is 521 g/mol. The number of alkyl halides is 3. The summed E-state index contributed by atoms with van der Waals surface area (Å²) in [6.07, 6.45) is -4.55. The number of piperazine rings is 1. The van der Waals surface area contributed by atoms with Crippen LogP contribution in [0, 0.1) is 0 Å². The number of carbonyl (C=O) groups excluding carboxylic acids is 1. The minimum absolute atomic E-state index is 0.0550. The van der Waals surface area contributed by atoms with Crippen molar-refractivity contribution in [2.45, 2.75) is 25.6 Å². The molecule has 0 aliphatic carbocycles. The van der Waals surface area contributed by atoms with Crippen LogP contribution in [0.15, 0.2) is 42.5 Å². The van der Waals surface area contributed by atoms with Gasteiger partial charge in [0.05, 0.1) is 11.1 Å². The van der Waals surface area contributed by atoms with E-state index in [0.717, 1.165) is 19.2 Å². The van der Waals surface area contributed by atoms with Gasteiger partial charge in [-0.05, 0) is 45.2 Å². The normalized spacial score (nSPS) is 15.3. The molecular weight excluding hydrogens is 495 g/mol. The first-order chi connectivity index (χ1) is 16.9. The van der Waals surface area contributed by atoms with Crippen LogP contribution in [0.3, 0.4) is 0 Å². The van der Waals surface area contributed by atoms with E-state index in [4.69, 9.17) is 16.3 Å². The SMILES string of the molecule is CN1CCN(C(=O)c2cc(Cl)ccc2OC(C)(C)c2nnc(-c3ccccc3C(F)(F)F)n2C)CC1. The molecule has 192 valence electrons. The number of aromatic nitrogens is 3. The molecule has 0 spiro atoms. The number of hydrogen-bond donors (Lipinski definition) is 0. The second kappa shape index (κ2) is 9.74. The Hall–Kier alpha value is -3.11. The lowest BCUT2D eigenvalue weighted by atomic mass is 10.1. The summed E-state index contributed by atoms with van der Waals surface area (Å²) < 4.78 is 48.5. The lowest BCUT2D eigenvalue weighted by Gasteiger charge is -2.33. The Morgan fingerprint density at radius 2 is 1.67 bits per heavy atom. The Morgan fingerprint density at radius 3 is 2.33 bits per heavy atom. The summed E-state index contributed by atoms with van der Waals surface area (Å²) >= 11 is 6.21. The average Bonchev–Trinajstić information content (AvgIpc) is 3.21. The Balaban J connectivity index is 1.67.